The Morgan fingerprint density at radius 2 is 1.89 bits per heavy atom. The Balaban J connectivity index is 2.11. The van der Waals surface area contributed by atoms with Crippen LogP contribution in [-0.2, 0) is 0 Å². The third kappa shape index (κ3) is 3.93. The van der Waals surface area contributed by atoms with Crippen LogP contribution in [0.5, 0.6) is 0 Å². The Kier molecular flexibility index (Phi) is 4.69. The highest BCUT2D eigenvalue weighted by Crippen LogP contribution is 2.18. The van der Waals surface area contributed by atoms with Gasteiger partial charge >= 0.3 is 0 Å². The molecule has 100 valence electrons. The zero-order valence-electron chi connectivity index (χ0n) is 10.7. The van der Waals surface area contributed by atoms with E-state index in [1.54, 1.807) is 6.07 Å². The van der Waals surface area contributed by atoms with Crippen molar-refractivity contribution in [3.05, 3.63) is 36.4 Å². The van der Waals surface area contributed by atoms with Crippen LogP contribution in [0.2, 0.25) is 0 Å². The molecule has 2 rings (SSSR count). The van der Waals surface area contributed by atoms with Gasteiger partial charge in [-0.2, -0.15) is 0 Å². The molecule has 0 spiro atoms. The molecule has 4 N–H and O–H groups in total. The zero-order valence-corrected chi connectivity index (χ0v) is 10.7. The Labute approximate surface area is 112 Å². The number of rotatable bonds is 6. The highest BCUT2D eigenvalue weighted by atomic mass is 16.2. The van der Waals surface area contributed by atoms with Crippen LogP contribution >= 0.6 is 0 Å². The normalized spacial score (nSPS) is 10.4. The van der Waals surface area contributed by atoms with E-state index in [2.05, 4.69) is 15.3 Å². The lowest BCUT2D eigenvalue weighted by Gasteiger charge is -2.08. The summed E-state index contributed by atoms with van der Waals surface area (Å²) in [5, 5.41) is 11.9. The summed E-state index contributed by atoms with van der Waals surface area (Å²) in [7, 11) is 0. The number of aliphatic hydroxyl groups excluding tert-OH is 1. The van der Waals surface area contributed by atoms with Crippen LogP contribution in [0, 0.1) is 0 Å². The summed E-state index contributed by atoms with van der Waals surface area (Å²) < 4.78 is 0. The summed E-state index contributed by atoms with van der Waals surface area (Å²) in [5.74, 6) is 1.77. The van der Waals surface area contributed by atoms with Crippen molar-refractivity contribution in [1.29, 1.82) is 0 Å². The summed E-state index contributed by atoms with van der Waals surface area (Å²) in [4.78, 5) is 8.67. The van der Waals surface area contributed by atoms with Gasteiger partial charge in [-0.25, -0.2) is 9.97 Å². The van der Waals surface area contributed by atoms with E-state index in [4.69, 9.17) is 10.8 Å². The van der Waals surface area contributed by atoms with E-state index >= 15 is 0 Å². The maximum atomic E-state index is 8.73. The average Bonchev–Trinajstić information content (AvgIpc) is 2.44. The summed E-state index contributed by atoms with van der Waals surface area (Å²) in [6.07, 6.45) is 1.67. The van der Waals surface area contributed by atoms with Crippen molar-refractivity contribution in [3.63, 3.8) is 0 Å². The molecule has 0 saturated carbocycles. The number of unbranched alkanes of at least 4 members (excludes halogenated alkanes) is 1. The number of nitrogens with one attached hydrogen (secondary N) is 1. The molecule has 2 aromatic rings. The summed E-state index contributed by atoms with van der Waals surface area (Å²) in [5.41, 5.74) is 6.73. The molecule has 1 heterocycles. The number of nitrogen functional groups attached to an aromatic ring is 1. The molecule has 1 aromatic carbocycles. The zero-order chi connectivity index (χ0) is 13.5. The molecule has 19 heavy (non-hydrogen) atoms. The van der Waals surface area contributed by atoms with Crippen molar-refractivity contribution in [1.82, 2.24) is 9.97 Å². The highest BCUT2D eigenvalue weighted by molar-refractivity contribution is 5.60. The van der Waals surface area contributed by atoms with Crippen molar-refractivity contribution in [3.8, 4) is 11.4 Å². The average molecular weight is 258 g/mol. The molecule has 0 amide bonds. The fraction of sp³-hybridized carbons (Fsp3) is 0.286. The van der Waals surface area contributed by atoms with Crippen LogP contribution in [0.15, 0.2) is 36.4 Å². The van der Waals surface area contributed by atoms with Crippen LogP contribution < -0.4 is 11.1 Å². The van der Waals surface area contributed by atoms with Gasteiger partial charge in [0, 0.05) is 24.8 Å². The van der Waals surface area contributed by atoms with E-state index in [-0.39, 0.29) is 6.61 Å². The lowest BCUT2D eigenvalue weighted by molar-refractivity contribution is 0.286. The molecule has 0 bridgehead atoms. The van der Waals surface area contributed by atoms with Gasteiger partial charge in [0.15, 0.2) is 5.82 Å². The highest BCUT2D eigenvalue weighted by Gasteiger charge is 2.04. The van der Waals surface area contributed by atoms with Gasteiger partial charge in [0.25, 0.3) is 0 Å². The molecular weight excluding hydrogens is 240 g/mol. The quantitative estimate of drug-likeness (QED) is 0.689. The smallest absolute Gasteiger partial charge is 0.163 e. The Morgan fingerprint density at radius 3 is 2.63 bits per heavy atom. The third-order valence-electron chi connectivity index (χ3n) is 2.67. The van der Waals surface area contributed by atoms with Gasteiger partial charge in [-0.3, -0.25) is 0 Å². The van der Waals surface area contributed by atoms with Crippen molar-refractivity contribution in [2.24, 2.45) is 0 Å². The van der Waals surface area contributed by atoms with E-state index in [1.165, 1.54) is 0 Å². The second-order valence-corrected chi connectivity index (χ2v) is 4.23. The molecule has 1 aromatic heterocycles. The van der Waals surface area contributed by atoms with Crippen molar-refractivity contribution in [2.75, 3.05) is 24.2 Å². The lowest BCUT2D eigenvalue weighted by Crippen LogP contribution is -2.06. The summed E-state index contributed by atoms with van der Waals surface area (Å²) in [6, 6.07) is 11.4. The molecule has 0 fully saturated rings. The minimum Gasteiger partial charge on any atom is -0.396 e. The van der Waals surface area contributed by atoms with E-state index in [1.807, 2.05) is 30.3 Å². The Hall–Kier alpha value is -2.14. The van der Waals surface area contributed by atoms with Gasteiger partial charge < -0.3 is 16.2 Å². The van der Waals surface area contributed by atoms with Crippen molar-refractivity contribution in [2.45, 2.75) is 12.8 Å². The van der Waals surface area contributed by atoms with Crippen LogP contribution in [0.1, 0.15) is 12.8 Å². The first-order chi connectivity index (χ1) is 9.29. The standard InChI is InChI=1S/C14H18N4O/c15-12-10-13(16-8-4-5-9-19)18-14(17-12)11-6-2-1-3-7-11/h1-3,6-7,10,19H,4-5,8-9H2,(H3,15,16,17,18). The predicted octanol–water partition coefficient (Wildman–Crippen LogP) is 1.91. The van der Waals surface area contributed by atoms with E-state index in [0.717, 1.165) is 24.9 Å². The molecule has 0 aliphatic heterocycles. The monoisotopic (exact) mass is 258 g/mol. The summed E-state index contributed by atoms with van der Waals surface area (Å²) >= 11 is 0. The number of hydrogen-bond acceptors (Lipinski definition) is 5. The van der Waals surface area contributed by atoms with Gasteiger partial charge in [-0.15, -0.1) is 0 Å². The number of aromatic nitrogens is 2. The van der Waals surface area contributed by atoms with Crippen LogP contribution in [0.3, 0.4) is 0 Å². The fourth-order valence-corrected chi connectivity index (χ4v) is 1.73. The molecular formula is C14H18N4O. The minimum absolute atomic E-state index is 0.211. The van der Waals surface area contributed by atoms with E-state index < -0.39 is 0 Å². The van der Waals surface area contributed by atoms with Gasteiger partial charge in [-0.05, 0) is 12.8 Å². The minimum atomic E-state index is 0.211. The molecule has 0 unspecified atom stereocenters. The fourth-order valence-electron chi connectivity index (χ4n) is 1.73. The first kappa shape index (κ1) is 13.3. The lowest BCUT2D eigenvalue weighted by atomic mass is 10.2. The molecule has 0 aliphatic rings. The molecule has 0 atom stereocenters. The van der Waals surface area contributed by atoms with Crippen LogP contribution in [0.4, 0.5) is 11.6 Å². The third-order valence-corrected chi connectivity index (χ3v) is 2.67. The number of nitrogens with two attached hydrogens (primary N) is 1. The van der Waals surface area contributed by atoms with Crippen molar-refractivity contribution >= 4 is 11.6 Å². The topological polar surface area (TPSA) is 84.1 Å². The number of aliphatic hydroxyl groups is 1. The first-order valence-electron chi connectivity index (χ1n) is 6.34. The van der Waals surface area contributed by atoms with Gasteiger partial charge in [0.1, 0.15) is 11.6 Å². The second-order valence-electron chi connectivity index (χ2n) is 4.23. The molecule has 0 saturated heterocycles. The molecule has 5 heteroatoms. The van der Waals surface area contributed by atoms with Crippen LogP contribution in [0.25, 0.3) is 11.4 Å². The number of hydrogen-bond donors (Lipinski definition) is 3. The number of nitrogens with zero attached hydrogens (tertiary/aromatic N) is 2. The number of anilines is 2. The maximum absolute atomic E-state index is 8.73. The molecule has 5 nitrogen and oxygen atoms in total. The van der Waals surface area contributed by atoms with Gasteiger partial charge in [0.05, 0.1) is 0 Å². The Bertz CT molecular complexity index is 516. The van der Waals surface area contributed by atoms with E-state index in [0.29, 0.717) is 17.5 Å². The summed E-state index contributed by atoms with van der Waals surface area (Å²) in [6.45, 7) is 0.966. The van der Waals surface area contributed by atoms with E-state index in [9.17, 15) is 0 Å². The largest absolute Gasteiger partial charge is 0.396 e. The molecule has 0 aliphatic carbocycles. The predicted molar refractivity (Wildman–Crippen MR) is 76.7 cm³/mol. The van der Waals surface area contributed by atoms with Crippen molar-refractivity contribution < 1.29 is 5.11 Å². The molecule has 0 radical (unpaired) electrons. The van der Waals surface area contributed by atoms with Crippen LogP contribution in [-0.4, -0.2) is 28.2 Å². The SMILES string of the molecule is Nc1cc(NCCCCO)nc(-c2ccccc2)n1. The maximum Gasteiger partial charge on any atom is 0.163 e. The van der Waals surface area contributed by atoms with Gasteiger partial charge in [-0.1, -0.05) is 30.3 Å². The van der Waals surface area contributed by atoms with Gasteiger partial charge in [0.2, 0.25) is 0 Å². The first-order valence-corrected chi connectivity index (χ1v) is 6.34. The number of benzene rings is 1. The Morgan fingerprint density at radius 1 is 1.11 bits per heavy atom. The second kappa shape index (κ2) is 6.70.